The molecule has 0 radical (unpaired) electrons. The van der Waals surface area contributed by atoms with Crippen molar-refractivity contribution in [2.75, 3.05) is 0 Å². The molecule has 1 heterocycles. The molecule has 0 aliphatic heterocycles. The summed E-state index contributed by atoms with van der Waals surface area (Å²) in [6.07, 6.45) is 1.84. The van der Waals surface area contributed by atoms with Gasteiger partial charge in [-0.25, -0.2) is 0 Å². The molecule has 4 rings (SSSR count). The number of rotatable bonds is 1. The van der Waals surface area contributed by atoms with Crippen molar-refractivity contribution in [1.82, 2.24) is 4.98 Å². The highest BCUT2D eigenvalue weighted by molar-refractivity contribution is 6.04. The number of fused-ring (bicyclic) bond motifs is 2. The summed E-state index contributed by atoms with van der Waals surface area (Å²) in [4.78, 5) is 4.45. The molecular formula is C19H13N. The lowest BCUT2D eigenvalue weighted by molar-refractivity contribution is 1.41. The fraction of sp³-hybridized carbons (Fsp3) is 0. The molecule has 4 aromatic rings. The number of benzene rings is 3. The highest BCUT2D eigenvalue weighted by Crippen LogP contribution is 2.32. The molecule has 0 unspecified atom stereocenters. The van der Waals surface area contributed by atoms with E-state index in [2.05, 4.69) is 71.7 Å². The van der Waals surface area contributed by atoms with E-state index in [0.29, 0.717) is 0 Å². The normalized spacial score (nSPS) is 11.0. The third kappa shape index (κ3) is 1.68. The summed E-state index contributed by atoms with van der Waals surface area (Å²) in [6.45, 7) is 0. The molecule has 0 fully saturated rings. The van der Waals surface area contributed by atoms with Crippen molar-refractivity contribution >= 4 is 21.7 Å². The van der Waals surface area contributed by atoms with Gasteiger partial charge in [0, 0.05) is 11.6 Å². The molecule has 0 bridgehead atoms. The maximum absolute atomic E-state index is 4.45. The van der Waals surface area contributed by atoms with Crippen LogP contribution in [0.3, 0.4) is 0 Å². The van der Waals surface area contributed by atoms with E-state index in [-0.39, 0.29) is 0 Å². The molecular weight excluding hydrogens is 242 g/mol. The van der Waals surface area contributed by atoms with Crippen molar-refractivity contribution in [3.63, 3.8) is 0 Å². The molecule has 1 nitrogen and oxygen atoms in total. The first-order chi connectivity index (χ1) is 9.93. The van der Waals surface area contributed by atoms with Crippen LogP contribution in [0.2, 0.25) is 0 Å². The zero-order valence-electron chi connectivity index (χ0n) is 11.0. The lowest BCUT2D eigenvalue weighted by Crippen LogP contribution is -1.85. The summed E-state index contributed by atoms with van der Waals surface area (Å²) < 4.78 is 0. The Morgan fingerprint density at radius 3 is 2.20 bits per heavy atom. The molecule has 0 saturated carbocycles. The maximum atomic E-state index is 4.45. The van der Waals surface area contributed by atoms with Crippen LogP contribution in [0.4, 0.5) is 0 Å². The van der Waals surface area contributed by atoms with E-state index in [1.165, 1.54) is 27.3 Å². The molecule has 94 valence electrons. The van der Waals surface area contributed by atoms with Gasteiger partial charge in [-0.2, -0.15) is 0 Å². The molecule has 0 atom stereocenters. The van der Waals surface area contributed by atoms with Gasteiger partial charge >= 0.3 is 0 Å². The third-order valence-corrected chi connectivity index (χ3v) is 3.73. The predicted octanol–water partition coefficient (Wildman–Crippen LogP) is 5.06. The van der Waals surface area contributed by atoms with Gasteiger partial charge < -0.3 is 0 Å². The van der Waals surface area contributed by atoms with Gasteiger partial charge in [-0.3, -0.25) is 4.98 Å². The number of aromatic nitrogens is 1. The highest BCUT2D eigenvalue weighted by atomic mass is 14.6. The highest BCUT2D eigenvalue weighted by Gasteiger charge is 2.07. The topological polar surface area (TPSA) is 12.9 Å². The Balaban J connectivity index is 2.12. The van der Waals surface area contributed by atoms with Crippen molar-refractivity contribution in [1.29, 1.82) is 0 Å². The van der Waals surface area contributed by atoms with Gasteiger partial charge in [0.1, 0.15) is 0 Å². The predicted molar refractivity (Wildman–Crippen MR) is 84.7 cm³/mol. The number of hydrogen-bond acceptors (Lipinski definition) is 1. The first-order valence-corrected chi connectivity index (χ1v) is 6.75. The SMILES string of the molecule is c1ccc2c(-c3cccc4ncccc34)cccc2c1. The standard InChI is InChI=1S/C19H13N/c1-2-8-15-14(6-1)7-3-9-16(15)17-10-4-12-19-18(17)11-5-13-20-19/h1-13H. The minimum atomic E-state index is 1.04. The Morgan fingerprint density at radius 1 is 0.550 bits per heavy atom. The van der Waals surface area contributed by atoms with E-state index in [0.717, 1.165) is 5.52 Å². The molecule has 0 aliphatic rings. The van der Waals surface area contributed by atoms with Crippen molar-refractivity contribution < 1.29 is 0 Å². The summed E-state index contributed by atoms with van der Waals surface area (Å²) in [5.74, 6) is 0. The van der Waals surface area contributed by atoms with E-state index in [9.17, 15) is 0 Å². The molecule has 0 aliphatic carbocycles. The van der Waals surface area contributed by atoms with Crippen LogP contribution in [0.1, 0.15) is 0 Å². The smallest absolute Gasteiger partial charge is 0.0708 e. The number of nitrogens with zero attached hydrogens (tertiary/aromatic N) is 1. The van der Waals surface area contributed by atoms with Gasteiger partial charge in [-0.1, -0.05) is 60.7 Å². The van der Waals surface area contributed by atoms with Crippen LogP contribution in [-0.2, 0) is 0 Å². The first-order valence-electron chi connectivity index (χ1n) is 6.75. The average Bonchev–Trinajstić information content (AvgIpc) is 2.54. The van der Waals surface area contributed by atoms with Gasteiger partial charge in [-0.15, -0.1) is 0 Å². The Labute approximate surface area is 117 Å². The Bertz CT molecular complexity index is 821. The van der Waals surface area contributed by atoms with E-state index in [1.54, 1.807) is 0 Å². The van der Waals surface area contributed by atoms with Gasteiger partial charge in [0.25, 0.3) is 0 Å². The molecule has 0 N–H and O–H groups in total. The lowest BCUT2D eigenvalue weighted by atomic mass is 9.95. The number of pyridine rings is 1. The maximum Gasteiger partial charge on any atom is 0.0708 e. The van der Waals surface area contributed by atoms with Crippen LogP contribution >= 0.6 is 0 Å². The van der Waals surface area contributed by atoms with Crippen LogP contribution in [0, 0.1) is 0 Å². The second kappa shape index (κ2) is 4.46. The number of hydrogen-bond donors (Lipinski definition) is 0. The monoisotopic (exact) mass is 255 g/mol. The zero-order valence-corrected chi connectivity index (χ0v) is 11.0. The molecule has 0 spiro atoms. The second-order valence-corrected chi connectivity index (χ2v) is 4.90. The summed E-state index contributed by atoms with van der Waals surface area (Å²) in [5.41, 5.74) is 3.55. The van der Waals surface area contributed by atoms with E-state index in [1.807, 2.05) is 12.3 Å². The van der Waals surface area contributed by atoms with Crippen molar-refractivity contribution in [2.24, 2.45) is 0 Å². The Hall–Kier alpha value is -2.67. The van der Waals surface area contributed by atoms with Gasteiger partial charge in [0.2, 0.25) is 0 Å². The van der Waals surface area contributed by atoms with Crippen molar-refractivity contribution in [3.05, 3.63) is 79.0 Å². The fourth-order valence-corrected chi connectivity index (χ4v) is 2.80. The summed E-state index contributed by atoms with van der Waals surface area (Å²) >= 11 is 0. The molecule has 1 aromatic heterocycles. The summed E-state index contributed by atoms with van der Waals surface area (Å²) in [5, 5.41) is 3.75. The Morgan fingerprint density at radius 2 is 1.25 bits per heavy atom. The van der Waals surface area contributed by atoms with Crippen LogP contribution in [0.15, 0.2) is 79.0 Å². The van der Waals surface area contributed by atoms with Crippen LogP contribution < -0.4 is 0 Å². The lowest BCUT2D eigenvalue weighted by Gasteiger charge is -2.09. The quantitative estimate of drug-likeness (QED) is 0.463. The van der Waals surface area contributed by atoms with Gasteiger partial charge in [-0.05, 0) is 34.0 Å². The van der Waals surface area contributed by atoms with E-state index < -0.39 is 0 Å². The third-order valence-electron chi connectivity index (χ3n) is 3.73. The van der Waals surface area contributed by atoms with Crippen LogP contribution in [0.5, 0.6) is 0 Å². The van der Waals surface area contributed by atoms with Crippen LogP contribution in [-0.4, -0.2) is 4.98 Å². The van der Waals surface area contributed by atoms with Crippen molar-refractivity contribution in [3.8, 4) is 11.1 Å². The summed E-state index contributed by atoms with van der Waals surface area (Å²) in [6, 6.07) is 25.4. The first kappa shape index (κ1) is 11.2. The fourth-order valence-electron chi connectivity index (χ4n) is 2.80. The minimum absolute atomic E-state index is 1.04. The van der Waals surface area contributed by atoms with Gasteiger partial charge in [0.15, 0.2) is 0 Å². The molecule has 20 heavy (non-hydrogen) atoms. The second-order valence-electron chi connectivity index (χ2n) is 4.90. The minimum Gasteiger partial charge on any atom is -0.256 e. The molecule has 0 amide bonds. The van der Waals surface area contributed by atoms with E-state index in [4.69, 9.17) is 0 Å². The van der Waals surface area contributed by atoms with E-state index >= 15 is 0 Å². The van der Waals surface area contributed by atoms with Crippen LogP contribution in [0.25, 0.3) is 32.8 Å². The average molecular weight is 255 g/mol. The van der Waals surface area contributed by atoms with Gasteiger partial charge in [0.05, 0.1) is 5.52 Å². The van der Waals surface area contributed by atoms with Crippen molar-refractivity contribution in [2.45, 2.75) is 0 Å². The summed E-state index contributed by atoms with van der Waals surface area (Å²) in [7, 11) is 0. The molecule has 0 saturated heterocycles. The zero-order chi connectivity index (χ0) is 13.4. The largest absolute Gasteiger partial charge is 0.256 e. The molecule has 1 heteroatoms. The molecule has 3 aromatic carbocycles. The Kier molecular flexibility index (Phi) is 2.49.